The van der Waals surface area contributed by atoms with Gasteiger partial charge in [-0.05, 0) is 58.0 Å². The molecule has 2 rings (SSSR count). The second-order valence-corrected chi connectivity index (χ2v) is 6.00. The highest BCUT2D eigenvalue weighted by atomic mass is 35.5. The topological polar surface area (TPSA) is 61.4 Å². The van der Waals surface area contributed by atoms with E-state index in [1.807, 2.05) is 20.8 Å². The second kappa shape index (κ2) is 8.31. The SMILES string of the molecule is CCN(CC)C(=O)c1ccc(NC(=O)C2(C)CCNC2)cc1.Cl. The van der Waals surface area contributed by atoms with Crippen LogP contribution in [0, 0.1) is 5.41 Å². The summed E-state index contributed by atoms with van der Waals surface area (Å²) in [6.45, 7) is 8.87. The first-order valence-electron chi connectivity index (χ1n) is 7.91. The summed E-state index contributed by atoms with van der Waals surface area (Å²) in [6, 6.07) is 7.12. The Morgan fingerprint density at radius 2 is 1.83 bits per heavy atom. The number of amides is 2. The summed E-state index contributed by atoms with van der Waals surface area (Å²) < 4.78 is 0. The molecule has 6 heteroatoms. The van der Waals surface area contributed by atoms with Crippen molar-refractivity contribution in [2.75, 3.05) is 31.5 Å². The fourth-order valence-electron chi connectivity index (χ4n) is 2.68. The van der Waals surface area contributed by atoms with Gasteiger partial charge in [-0.15, -0.1) is 12.4 Å². The Balaban J connectivity index is 0.00000264. The van der Waals surface area contributed by atoms with Crippen molar-refractivity contribution < 1.29 is 9.59 Å². The van der Waals surface area contributed by atoms with Crippen LogP contribution >= 0.6 is 12.4 Å². The number of anilines is 1. The summed E-state index contributed by atoms with van der Waals surface area (Å²) in [7, 11) is 0. The van der Waals surface area contributed by atoms with Crippen LogP contribution in [0.5, 0.6) is 0 Å². The van der Waals surface area contributed by atoms with E-state index in [4.69, 9.17) is 0 Å². The third-order valence-corrected chi connectivity index (χ3v) is 4.36. The third-order valence-electron chi connectivity index (χ3n) is 4.36. The molecule has 5 nitrogen and oxygen atoms in total. The molecular weight excluding hydrogens is 314 g/mol. The summed E-state index contributed by atoms with van der Waals surface area (Å²) in [5, 5.41) is 6.16. The zero-order valence-electron chi connectivity index (χ0n) is 14.0. The molecule has 1 atom stereocenters. The Morgan fingerprint density at radius 1 is 1.22 bits per heavy atom. The number of hydrogen-bond acceptors (Lipinski definition) is 3. The van der Waals surface area contributed by atoms with Gasteiger partial charge >= 0.3 is 0 Å². The predicted octanol–water partition coefficient (Wildman–Crippen LogP) is 2.53. The number of benzene rings is 1. The number of carbonyl (C=O) groups excluding carboxylic acids is 2. The van der Waals surface area contributed by atoms with Crippen LogP contribution in [0.1, 0.15) is 37.6 Å². The monoisotopic (exact) mass is 339 g/mol. The van der Waals surface area contributed by atoms with Crippen LogP contribution in [-0.4, -0.2) is 42.9 Å². The average molecular weight is 340 g/mol. The number of nitrogens with zero attached hydrogens (tertiary/aromatic N) is 1. The van der Waals surface area contributed by atoms with Gasteiger partial charge in [0, 0.05) is 30.9 Å². The van der Waals surface area contributed by atoms with Crippen LogP contribution in [0.15, 0.2) is 24.3 Å². The quantitative estimate of drug-likeness (QED) is 0.866. The highest BCUT2D eigenvalue weighted by Gasteiger charge is 2.36. The molecule has 1 aliphatic heterocycles. The van der Waals surface area contributed by atoms with Crippen molar-refractivity contribution in [2.24, 2.45) is 5.41 Å². The molecule has 128 valence electrons. The van der Waals surface area contributed by atoms with E-state index < -0.39 is 0 Å². The average Bonchev–Trinajstić information content (AvgIpc) is 2.97. The lowest BCUT2D eigenvalue weighted by atomic mass is 9.89. The Bertz CT molecular complexity index is 535. The summed E-state index contributed by atoms with van der Waals surface area (Å²) >= 11 is 0. The van der Waals surface area contributed by atoms with Gasteiger partial charge in [-0.3, -0.25) is 9.59 Å². The van der Waals surface area contributed by atoms with Gasteiger partial charge in [0.1, 0.15) is 0 Å². The van der Waals surface area contributed by atoms with Crippen LogP contribution in [-0.2, 0) is 4.79 Å². The molecule has 1 unspecified atom stereocenters. The first kappa shape index (κ1) is 19.5. The molecule has 1 aromatic carbocycles. The first-order chi connectivity index (χ1) is 10.5. The molecule has 0 radical (unpaired) electrons. The van der Waals surface area contributed by atoms with E-state index >= 15 is 0 Å². The number of halogens is 1. The molecule has 0 aromatic heterocycles. The molecule has 1 fully saturated rings. The van der Waals surface area contributed by atoms with Crippen molar-refractivity contribution in [1.82, 2.24) is 10.2 Å². The molecule has 1 aliphatic rings. The molecule has 1 saturated heterocycles. The maximum Gasteiger partial charge on any atom is 0.253 e. The van der Waals surface area contributed by atoms with E-state index in [0.29, 0.717) is 25.2 Å². The second-order valence-electron chi connectivity index (χ2n) is 6.00. The van der Waals surface area contributed by atoms with Crippen LogP contribution in [0.4, 0.5) is 5.69 Å². The highest BCUT2D eigenvalue weighted by Crippen LogP contribution is 2.26. The van der Waals surface area contributed by atoms with Crippen LogP contribution in [0.25, 0.3) is 0 Å². The molecule has 2 N–H and O–H groups in total. The maximum absolute atomic E-state index is 12.3. The lowest BCUT2D eigenvalue weighted by Gasteiger charge is -2.22. The largest absolute Gasteiger partial charge is 0.339 e. The van der Waals surface area contributed by atoms with Crippen molar-refractivity contribution in [2.45, 2.75) is 27.2 Å². The minimum Gasteiger partial charge on any atom is -0.339 e. The molecule has 0 saturated carbocycles. The minimum atomic E-state index is -0.351. The van der Waals surface area contributed by atoms with Gasteiger partial charge in [-0.2, -0.15) is 0 Å². The van der Waals surface area contributed by atoms with Gasteiger partial charge in [0.25, 0.3) is 5.91 Å². The number of rotatable bonds is 5. The van der Waals surface area contributed by atoms with Crippen LogP contribution in [0.3, 0.4) is 0 Å². The molecule has 1 aromatic rings. The van der Waals surface area contributed by atoms with Gasteiger partial charge in [0.2, 0.25) is 5.91 Å². The van der Waals surface area contributed by atoms with Crippen molar-refractivity contribution in [3.05, 3.63) is 29.8 Å². The van der Waals surface area contributed by atoms with E-state index in [-0.39, 0.29) is 29.6 Å². The summed E-state index contributed by atoms with van der Waals surface area (Å²) in [5.74, 6) is 0.0511. The predicted molar refractivity (Wildman–Crippen MR) is 95.2 cm³/mol. The normalized spacial score (nSPS) is 19.8. The fraction of sp³-hybridized carbons (Fsp3) is 0.529. The Hall–Kier alpha value is -1.59. The zero-order valence-corrected chi connectivity index (χ0v) is 14.8. The molecule has 0 spiro atoms. The zero-order chi connectivity index (χ0) is 16.2. The van der Waals surface area contributed by atoms with Gasteiger partial charge < -0.3 is 15.5 Å². The van der Waals surface area contributed by atoms with Gasteiger partial charge in [0.05, 0.1) is 5.41 Å². The molecule has 23 heavy (non-hydrogen) atoms. The van der Waals surface area contributed by atoms with E-state index in [1.165, 1.54) is 0 Å². The van der Waals surface area contributed by atoms with Crippen molar-refractivity contribution in [1.29, 1.82) is 0 Å². The molecule has 0 bridgehead atoms. The number of hydrogen-bond donors (Lipinski definition) is 2. The summed E-state index contributed by atoms with van der Waals surface area (Å²) in [4.78, 5) is 26.3. The maximum atomic E-state index is 12.3. The Labute approximate surface area is 144 Å². The van der Waals surface area contributed by atoms with Gasteiger partial charge in [-0.1, -0.05) is 0 Å². The van der Waals surface area contributed by atoms with E-state index in [2.05, 4.69) is 10.6 Å². The molecule has 2 amide bonds. The Kier molecular flexibility index (Phi) is 7.03. The molecule has 0 aliphatic carbocycles. The molecular formula is C17H26ClN3O2. The van der Waals surface area contributed by atoms with E-state index in [9.17, 15) is 9.59 Å². The van der Waals surface area contributed by atoms with Crippen LogP contribution in [0.2, 0.25) is 0 Å². The Morgan fingerprint density at radius 3 is 2.30 bits per heavy atom. The number of nitrogens with one attached hydrogen (secondary N) is 2. The summed E-state index contributed by atoms with van der Waals surface area (Å²) in [6.07, 6.45) is 0.845. The van der Waals surface area contributed by atoms with Crippen molar-refractivity contribution in [3.8, 4) is 0 Å². The van der Waals surface area contributed by atoms with Gasteiger partial charge in [-0.25, -0.2) is 0 Å². The standard InChI is InChI=1S/C17H25N3O2.ClH/c1-4-20(5-2)15(21)13-6-8-14(9-7-13)19-16(22)17(3)10-11-18-12-17;/h6-9,18H,4-5,10-12H2,1-3H3,(H,19,22);1H. The lowest BCUT2D eigenvalue weighted by Crippen LogP contribution is -2.35. The highest BCUT2D eigenvalue weighted by molar-refractivity contribution is 5.97. The summed E-state index contributed by atoms with van der Waals surface area (Å²) in [5.41, 5.74) is 1.03. The third kappa shape index (κ3) is 4.45. The van der Waals surface area contributed by atoms with Gasteiger partial charge in [0.15, 0.2) is 0 Å². The van der Waals surface area contributed by atoms with E-state index in [1.54, 1.807) is 29.2 Å². The number of carbonyl (C=O) groups is 2. The minimum absolute atomic E-state index is 0. The van der Waals surface area contributed by atoms with Crippen molar-refractivity contribution >= 4 is 29.9 Å². The van der Waals surface area contributed by atoms with Crippen LogP contribution < -0.4 is 10.6 Å². The first-order valence-corrected chi connectivity index (χ1v) is 7.91. The lowest BCUT2D eigenvalue weighted by molar-refractivity contribution is -0.123. The molecule has 1 heterocycles. The fourth-order valence-corrected chi connectivity index (χ4v) is 2.68. The smallest absolute Gasteiger partial charge is 0.253 e. The van der Waals surface area contributed by atoms with E-state index in [0.717, 1.165) is 18.7 Å². The van der Waals surface area contributed by atoms with Crippen molar-refractivity contribution in [3.63, 3.8) is 0 Å².